The Morgan fingerprint density at radius 3 is 2.65 bits per heavy atom. The molecule has 5 nitrogen and oxygen atoms in total. The van der Waals surface area contributed by atoms with Gasteiger partial charge in [-0.15, -0.1) is 11.3 Å². The molecule has 1 aliphatic rings. The fourth-order valence-corrected chi connectivity index (χ4v) is 4.30. The van der Waals surface area contributed by atoms with Crippen molar-refractivity contribution >= 4 is 34.0 Å². The molecule has 0 fully saturated rings. The Hall–Kier alpha value is -2.34. The molecule has 0 saturated heterocycles. The van der Waals surface area contributed by atoms with Gasteiger partial charge in [-0.3, -0.25) is 10.1 Å². The predicted octanol–water partition coefficient (Wildman–Crippen LogP) is 3.62. The van der Waals surface area contributed by atoms with Gasteiger partial charge in [0.1, 0.15) is 5.00 Å². The van der Waals surface area contributed by atoms with Crippen molar-refractivity contribution in [2.45, 2.75) is 26.2 Å². The molecule has 0 bridgehead atoms. The molecule has 3 rings (SSSR count). The highest BCUT2D eigenvalue weighted by atomic mass is 32.1. The summed E-state index contributed by atoms with van der Waals surface area (Å²) in [5.74, 6) is 0.111. The minimum Gasteiger partial charge on any atom is -0.365 e. The Morgan fingerprint density at radius 1 is 1.22 bits per heavy atom. The summed E-state index contributed by atoms with van der Waals surface area (Å²) >= 11 is 1.46. The van der Waals surface area contributed by atoms with Crippen molar-refractivity contribution in [1.82, 2.24) is 0 Å². The summed E-state index contributed by atoms with van der Waals surface area (Å²) in [5.41, 5.74) is 7.72. The number of anilines is 2. The molecule has 1 aromatic heterocycles. The molecule has 0 aliphatic heterocycles. The highest BCUT2D eigenvalue weighted by Gasteiger charge is 2.27. The molecule has 1 aliphatic carbocycles. The van der Waals surface area contributed by atoms with Crippen molar-refractivity contribution in [3.05, 3.63) is 46.3 Å². The molecule has 1 atom stereocenters. The number of urea groups is 1. The largest absolute Gasteiger partial charge is 0.365 e. The summed E-state index contributed by atoms with van der Waals surface area (Å²) < 4.78 is 0. The number of nitrogens with two attached hydrogens (primary N) is 1. The van der Waals surface area contributed by atoms with Gasteiger partial charge in [-0.1, -0.05) is 25.1 Å². The van der Waals surface area contributed by atoms with Crippen LogP contribution in [-0.2, 0) is 12.8 Å². The number of carbonyl (C=O) groups is 2. The lowest BCUT2D eigenvalue weighted by molar-refractivity contribution is 0.100. The Kier molecular flexibility index (Phi) is 4.34. The number of carbonyl (C=O) groups excluding carboxylic acids is 2. The number of nitrogens with one attached hydrogen (secondary N) is 2. The van der Waals surface area contributed by atoms with E-state index in [9.17, 15) is 9.59 Å². The second-order valence-electron chi connectivity index (χ2n) is 5.87. The lowest BCUT2D eigenvalue weighted by atomic mass is 9.88. The van der Waals surface area contributed by atoms with Crippen molar-refractivity contribution in [3.63, 3.8) is 0 Å². The molecule has 3 amide bonds. The smallest absolute Gasteiger partial charge is 0.324 e. The summed E-state index contributed by atoms with van der Waals surface area (Å²) in [7, 11) is 0. The van der Waals surface area contributed by atoms with Crippen LogP contribution in [0.4, 0.5) is 15.5 Å². The van der Waals surface area contributed by atoms with Gasteiger partial charge in [0.15, 0.2) is 0 Å². The van der Waals surface area contributed by atoms with E-state index in [2.05, 4.69) is 17.6 Å². The third-order valence-corrected chi connectivity index (χ3v) is 5.19. The molecule has 0 spiro atoms. The third-order valence-electron chi connectivity index (χ3n) is 4.02. The van der Waals surface area contributed by atoms with Crippen LogP contribution in [-0.4, -0.2) is 11.9 Å². The van der Waals surface area contributed by atoms with E-state index >= 15 is 0 Å². The highest BCUT2D eigenvalue weighted by Crippen LogP contribution is 2.39. The van der Waals surface area contributed by atoms with Crippen LogP contribution in [0.5, 0.6) is 0 Å². The van der Waals surface area contributed by atoms with Gasteiger partial charge < -0.3 is 11.1 Å². The quantitative estimate of drug-likeness (QED) is 0.803. The summed E-state index contributed by atoms with van der Waals surface area (Å²) in [6, 6.07) is 8.80. The molecule has 1 unspecified atom stereocenters. The summed E-state index contributed by atoms with van der Waals surface area (Å²) in [4.78, 5) is 25.2. The summed E-state index contributed by atoms with van der Waals surface area (Å²) in [6.07, 6.45) is 2.81. The van der Waals surface area contributed by atoms with Crippen LogP contribution >= 0.6 is 11.3 Å². The van der Waals surface area contributed by atoms with Gasteiger partial charge in [-0.25, -0.2) is 4.79 Å². The first-order valence-electron chi connectivity index (χ1n) is 7.62. The van der Waals surface area contributed by atoms with Gasteiger partial charge in [0.25, 0.3) is 5.91 Å². The molecular weight excluding hydrogens is 310 g/mol. The highest BCUT2D eigenvalue weighted by molar-refractivity contribution is 7.17. The fourth-order valence-electron chi connectivity index (χ4n) is 2.89. The van der Waals surface area contributed by atoms with Gasteiger partial charge in [-0.05, 0) is 42.9 Å². The molecule has 23 heavy (non-hydrogen) atoms. The Labute approximate surface area is 138 Å². The number of hydrogen-bond acceptors (Lipinski definition) is 3. The van der Waals surface area contributed by atoms with E-state index in [1.165, 1.54) is 11.3 Å². The lowest BCUT2D eigenvalue weighted by Crippen LogP contribution is -2.22. The number of thiophene rings is 1. The second kappa shape index (κ2) is 6.42. The standard InChI is InChI=1S/C17H19N3O2S/c1-10-7-8-12-13(9-10)23-16(14(12)15(18)21)20-17(22)19-11-5-3-2-4-6-11/h2-6,10H,7-9H2,1H3,(H2,18,21)(H2,19,20,22). The maximum Gasteiger partial charge on any atom is 0.324 e. The van der Waals surface area contributed by atoms with E-state index in [0.717, 1.165) is 29.7 Å². The van der Waals surface area contributed by atoms with Crippen molar-refractivity contribution in [2.75, 3.05) is 10.6 Å². The first-order valence-corrected chi connectivity index (χ1v) is 8.43. The van der Waals surface area contributed by atoms with Crippen LogP contribution < -0.4 is 16.4 Å². The molecule has 6 heteroatoms. The number of rotatable bonds is 3. The van der Waals surface area contributed by atoms with Gasteiger partial charge in [0.05, 0.1) is 5.56 Å². The van der Waals surface area contributed by atoms with Crippen molar-refractivity contribution < 1.29 is 9.59 Å². The van der Waals surface area contributed by atoms with Crippen LogP contribution in [0.1, 0.15) is 34.1 Å². The SMILES string of the molecule is CC1CCc2c(sc(NC(=O)Nc3ccccc3)c2C(N)=O)C1. The van der Waals surface area contributed by atoms with Crippen LogP contribution in [0.15, 0.2) is 30.3 Å². The maximum atomic E-state index is 12.2. The van der Waals surface area contributed by atoms with Gasteiger partial charge in [0.2, 0.25) is 0 Å². The van der Waals surface area contributed by atoms with Gasteiger partial charge in [-0.2, -0.15) is 0 Å². The molecule has 0 radical (unpaired) electrons. The van der Waals surface area contributed by atoms with Crippen LogP contribution in [0.25, 0.3) is 0 Å². The number of amides is 3. The minimum absolute atomic E-state index is 0.370. The van der Waals surface area contributed by atoms with Gasteiger partial charge in [0, 0.05) is 10.6 Å². The average Bonchev–Trinajstić information content (AvgIpc) is 2.84. The fraction of sp³-hybridized carbons (Fsp3) is 0.294. The van der Waals surface area contributed by atoms with E-state index in [1.807, 2.05) is 18.2 Å². The first kappa shape index (κ1) is 15.6. The minimum atomic E-state index is -0.480. The van der Waals surface area contributed by atoms with E-state index in [1.54, 1.807) is 12.1 Å². The summed E-state index contributed by atoms with van der Waals surface area (Å²) in [6.45, 7) is 2.20. The average molecular weight is 329 g/mol. The van der Waals surface area contributed by atoms with E-state index in [-0.39, 0.29) is 6.03 Å². The number of hydrogen-bond donors (Lipinski definition) is 3. The lowest BCUT2D eigenvalue weighted by Gasteiger charge is -2.18. The van der Waals surface area contributed by atoms with E-state index in [4.69, 9.17) is 5.73 Å². The van der Waals surface area contributed by atoms with Crippen LogP contribution in [0.2, 0.25) is 0 Å². The molecule has 1 aromatic carbocycles. The monoisotopic (exact) mass is 329 g/mol. The molecule has 1 heterocycles. The molecule has 2 aromatic rings. The van der Waals surface area contributed by atoms with E-state index in [0.29, 0.717) is 22.2 Å². The molecule has 120 valence electrons. The van der Waals surface area contributed by atoms with Crippen molar-refractivity contribution in [3.8, 4) is 0 Å². The Bertz CT molecular complexity index is 740. The topological polar surface area (TPSA) is 84.2 Å². The zero-order valence-corrected chi connectivity index (χ0v) is 13.7. The van der Waals surface area contributed by atoms with Crippen LogP contribution in [0.3, 0.4) is 0 Å². The van der Waals surface area contributed by atoms with Crippen molar-refractivity contribution in [1.29, 1.82) is 0 Å². The first-order chi connectivity index (χ1) is 11.0. The summed E-state index contributed by atoms with van der Waals surface area (Å²) in [5, 5.41) is 6.08. The number of primary amides is 1. The maximum absolute atomic E-state index is 12.2. The number of fused-ring (bicyclic) bond motifs is 1. The normalized spacial score (nSPS) is 16.5. The molecule has 0 saturated carbocycles. The number of benzene rings is 1. The predicted molar refractivity (Wildman–Crippen MR) is 93.1 cm³/mol. The Morgan fingerprint density at radius 2 is 1.96 bits per heavy atom. The van der Waals surface area contributed by atoms with E-state index < -0.39 is 5.91 Å². The van der Waals surface area contributed by atoms with Crippen LogP contribution in [0, 0.1) is 5.92 Å². The van der Waals surface area contributed by atoms with Gasteiger partial charge >= 0.3 is 6.03 Å². The second-order valence-corrected chi connectivity index (χ2v) is 6.97. The zero-order chi connectivity index (χ0) is 16.4. The number of para-hydroxylation sites is 1. The molecular formula is C17H19N3O2S. The zero-order valence-electron chi connectivity index (χ0n) is 12.9. The Balaban J connectivity index is 1.82. The van der Waals surface area contributed by atoms with Crippen molar-refractivity contribution in [2.24, 2.45) is 11.7 Å². The molecule has 4 N–H and O–H groups in total. The third kappa shape index (κ3) is 3.37.